The average Bonchev–Trinajstić information content (AvgIpc) is 1.48. The third-order valence-electron chi connectivity index (χ3n) is 17.0. The van der Waals surface area contributed by atoms with Crippen molar-refractivity contribution in [3.63, 3.8) is 0 Å². The van der Waals surface area contributed by atoms with Crippen LogP contribution in [0.2, 0.25) is 5.02 Å². The first-order valence-electron chi connectivity index (χ1n) is 33.0. The number of likely N-dealkylation sites (N-methyl/N-ethyl adjacent to an activating group) is 1. The van der Waals surface area contributed by atoms with Gasteiger partial charge in [0.1, 0.15) is 34.0 Å². The molecular weight excluding hydrogens is 1280 g/mol. The van der Waals surface area contributed by atoms with E-state index in [1.54, 1.807) is 7.05 Å². The highest BCUT2D eigenvalue weighted by molar-refractivity contribution is 8.15. The Labute approximate surface area is 569 Å². The molecule has 3 atom stereocenters. The molecule has 0 aliphatic carbocycles. The van der Waals surface area contributed by atoms with E-state index >= 15 is 4.39 Å². The molecule has 5 heterocycles. The summed E-state index contributed by atoms with van der Waals surface area (Å²) in [6, 6.07) is 26.3. The molecular formula is C69H89ClF3N11O11S. The zero-order valence-electron chi connectivity index (χ0n) is 54.7. The van der Waals surface area contributed by atoms with Crippen molar-refractivity contribution in [3.8, 4) is 12.1 Å². The van der Waals surface area contributed by atoms with Gasteiger partial charge in [-0.25, -0.2) is 18.0 Å². The van der Waals surface area contributed by atoms with Crippen LogP contribution >= 0.6 is 23.4 Å². The fourth-order valence-corrected chi connectivity index (χ4v) is 13.8. The zero-order valence-corrected chi connectivity index (χ0v) is 56.3. The molecule has 0 radical (unpaired) electrons. The van der Waals surface area contributed by atoms with E-state index in [0.717, 1.165) is 83.8 Å². The Kier molecular flexibility index (Phi) is 29.4. The van der Waals surface area contributed by atoms with Crippen LogP contribution < -0.4 is 20.3 Å². The second-order valence-corrected chi connectivity index (χ2v) is 25.2. The number of thioether (sulfide) groups is 1. The number of anilines is 2. The molecule has 4 aliphatic rings. The average molecular weight is 1370 g/mol. The minimum absolute atomic E-state index is 0.0177. The van der Waals surface area contributed by atoms with Gasteiger partial charge in [-0.1, -0.05) is 84.5 Å². The van der Waals surface area contributed by atoms with Crippen molar-refractivity contribution in [2.75, 3.05) is 182 Å². The Morgan fingerprint density at radius 1 is 0.771 bits per heavy atom. The maximum absolute atomic E-state index is 15.0. The van der Waals surface area contributed by atoms with Gasteiger partial charge in [-0.3, -0.25) is 9.69 Å². The van der Waals surface area contributed by atoms with Gasteiger partial charge in [-0.2, -0.15) is 25.3 Å². The molecule has 0 saturated carbocycles. The first-order chi connectivity index (χ1) is 46.9. The lowest BCUT2D eigenvalue weighted by Crippen LogP contribution is -2.55. The molecule has 22 nitrogen and oxygen atoms in total. The highest BCUT2D eigenvalue weighted by atomic mass is 35.5. The molecule has 96 heavy (non-hydrogen) atoms. The number of fused-ring (bicyclic) bond motifs is 2. The standard InChI is InChI=1S/C69H89ClF3N11O11S/c1-51(71)66(85)83-29-28-82(48-55(83)20-24-75)64-57-21-27-81(62-17-7-12-52-11-6-16-59(70)63(52)62)49-61(57)76-67(77-64)95-50-56-15-8-25-80(56)26-10-31-87-33-35-89-37-39-91-41-43-93-45-46-94-44-42-92-40-38-90-36-34-88-32-30-79(2)68(86)84-69(22-9-23-74,53-13-4-3-5-14-53)96-65(78-84)58-47-54(72)18-19-60(58)73/h3-7,11-14,16-19,47,55-56H,1,8-10,15,20-23,25-46,48-50,74H2,2H3/t55-,56-,69-/m0/s1. The molecule has 2 saturated heterocycles. The van der Waals surface area contributed by atoms with Gasteiger partial charge >= 0.3 is 12.0 Å². The Hall–Kier alpha value is -6.71. The van der Waals surface area contributed by atoms with Gasteiger partial charge in [0.05, 0.1) is 135 Å². The van der Waals surface area contributed by atoms with Gasteiger partial charge in [-0.15, -0.1) is 0 Å². The maximum Gasteiger partial charge on any atom is 0.341 e. The lowest BCUT2D eigenvalue weighted by atomic mass is 10.0. The zero-order chi connectivity index (χ0) is 67.5. The summed E-state index contributed by atoms with van der Waals surface area (Å²) >= 11 is 8.01. The number of hydrogen-bond donors (Lipinski definition) is 1. The van der Waals surface area contributed by atoms with Crippen molar-refractivity contribution in [2.24, 2.45) is 10.8 Å². The highest BCUT2D eigenvalue weighted by Gasteiger charge is 2.49. The van der Waals surface area contributed by atoms with Crippen LogP contribution in [0.4, 0.5) is 29.5 Å². The summed E-state index contributed by atoms with van der Waals surface area (Å²) in [6.07, 6.45) is 4.55. The van der Waals surface area contributed by atoms with Gasteiger partial charge in [0.2, 0.25) is 0 Å². The van der Waals surface area contributed by atoms with Gasteiger partial charge in [0, 0.05) is 81.2 Å². The summed E-state index contributed by atoms with van der Waals surface area (Å²) in [6.45, 7) is 14.8. The summed E-state index contributed by atoms with van der Waals surface area (Å²) in [5, 5.41) is 18.6. The van der Waals surface area contributed by atoms with Crippen LogP contribution in [0.5, 0.6) is 6.01 Å². The van der Waals surface area contributed by atoms with Crippen molar-refractivity contribution < 1.29 is 65.4 Å². The number of rotatable bonds is 40. The third kappa shape index (κ3) is 20.4. The number of nitrogens with zero attached hydrogens (tertiary/aromatic N) is 10. The summed E-state index contributed by atoms with van der Waals surface area (Å²) in [7, 11) is 1.65. The number of ether oxygens (including phenoxy) is 9. The van der Waals surface area contributed by atoms with Crippen LogP contribution in [-0.2, 0) is 60.5 Å². The van der Waals surface area contributed by atoms with Crippen LogP contribution in [0.3, 0.4) is 0 Å². The fourth-order valence-electron chi connectivity index (χ4n) is 12.1. The molecule has 0 bridgehead atoms. The quantitative estimate of drug-likeness (QED) is 0.0285. The molecule has 0 unspecified atom stereocenters. The normalized spacial score (nSPS) is 18.1. The number of hydrogen-bond acceptors (Lipinski definition) is 20. The molecule has 2 N–H and O–H groups in total. The van der Waals surface area contributed by atoms with Crippen LogP contribution in [0, 0.1) is 23.0 Å². The number of aromatic nitrogens is 2. The van der Waals surface area contributed by atoms with E-state index in [1.165, 1.54) is 26.6 Å². The van der Waals surface area contributed by atoms with E-state index in [2.05, 4.69) is 50.6 Å². The number of amides is 3. The highest BCUT2D eigenvalue weighted by Crippen LogP contribution is 2.51. The molecule has 4 aliphatic heterocycles. The molecule has 2 fully saturated rings. The van der Waals surface area contributed by atoms with Crippen LogP contribution in [0.1, 0.15) is 60.9 Å². The van der Waals surface area contributed by atoms with Gasteiger partial charge in [0.25, 0.3) is 5.91 Å². The smallest absolute Gasteiger partial charge is 0.341 e. The number of benzene rings is 4. The number of piperazine rings is 1. The Balaban J connectivity index is 0.574. The molecule has 4 aromatic carbocycles. The number of carbonyl (C=O) groups excluding carboxylic acids is 2. The van der Waals surface area contributed by atoms with Gasteiger partial charge < -0.3 is 68.0 Å². The number of nitrogens with two attached hydrogens (primary N) is 1. The SMILES string of the molecule is C=C(F)C(=O)N1CCN(c2nc(OC[C@@H]3CCCN3CCCOCCOCCOCCOCCOCCOCCOCCOCCN(C)C(=O)N3N=C(c4cc(F)ccc4F)S[C@@]3(CCCN)c3ccccc3)nc3c2CCN(c2cccc4cccc(Cl)c24)C3)C[C@@H]1CC#N. The molecule has 27 heteroatoms. The van der Waals surface area contributed by atoms with Crippen molar-refractivity contribution >= 4 is 62.6 Å². The molecule has 9 rings (SSSR count). The van der Waals surface area contributed by atoms with Crippen molar-refractivity contribution in [1.82, 2.24) is 29.7 Å². The largest absolute Gasteiger partial charge is 0.462 e. The predicted molar refractivity (Wildman–Crippen MR) is 362 cm³/mol. The minimum Gasteiger partial charge on any atom is -0.462 e. The Morgan fingerprint density at radius 2 is 1.42 bits per heavy atom. The van der Waals surface area contributed by atoms with E-state index in [4.69, 9.17) is 69.9 Å². The van der Waals surface area contributed by atoms with E-state index in [0.29, 0.717) is 169 Å². The minimum atomic E-state index is -1.04. The summed E-state index contributed by atoms with van der Waals surface area (Å²) in [5.41, 5.74) is 9.54. The van der Waals surface area contributed by atoms with E-state index in [9.17, 15) is 23.6 Å². The second-order valence-electron chi connectivity index (χ2n) is 23.5. The summed E-state index contributed by atoms with van der Waals surface area (Å²) < 4.78 is 95.4. The second kappa shape index (κ2) is 38.4. The number of likely N-dealkylation sites (tertiary alicyclic amines) is 1. The van der Waals surface area contributed by atoms with Gasteiger partial charge in [-0.05, 0) is 92.9 Å². The van der Waals surface area contributed by atoms with E-state index in [-0.39, 0.29) is 48.8 Å². The molecule has 520 valence electrons. The topological polar surface area (TPSA) is 225 Å². The summed E-state index contributed by atoms with van der Waals surface area (Å²) in [4.78, 5) is 45.6. The monoisotopic (exact) mass is 1370 g/mol. The number of nitriles is 1. The van der Waals surface area contributed by atoms with Crippen molar-refractivity contribution in [2.45, 2.75) is 68.4 Å². The Bertz CT molecular complexity index is 3380. The first-order valence-corrected chi connectivity index (χ1v) is 34.2. The van der Waals surface area contributed by atoms with Crippen molar-refractivity contribution in [1.29, 1.82) is 5.26 Å². The van der Waals surface area contributed by atoms with E-state index in [1.807, 2.05) is 48.5 Å². The van der Waals surface area contributed by atoms with Gasteiger partial charge in [0.15, 0.2) is 5.83 Å². The fraction of sp³-hybridized carbons (Fsp3) is 0.536. The molecule has 1 aromatic heterocycles. The van der Waals surface area contributed by atoms with E-state index < -0.39 is 40.3 Å². The number of halogens is 4. The lowest BCUT2D eigenvalue weighted by molar-refractivity contribution is -0.131. The van der Waals surface area contributed by atoms with Crippen LogP contribution in [0.25, 0.3) is 10.8 Å². The molecule has 3 amide bonds. The molecule has 0 spiro atoms. The number of urea groups is 1. The maximum atomic E-state index is 15.0. The number of carbonyl (C=O) groups is 2. The third-order valence-corrected chi connectivity index (χ3v) is 18.8. The lowest BCUT2D eigenvalue weighted by Gasteiger charge is -2.42. The summed E-state index contributed by atoms with van der Waals surface area (Å²) in [5.74, 6) is -2.37. The van der Waals surface area contributed by atoms with Crippen LogP contribution in [-0.4, -0.2) is 230 Å². The van der Waals surface area contributed by atoms with Crippen LogP contribution in [0.15, 0.2) is 102 Å². The predicted octanol–water partition coefficient (Wildman–Crippen LogP) is 8.96. The van der Waals surface area contributed by atoms with Crippen molar-refractivity contribution in [3.05, 3.63) is 136 Å². The number of hydrazone groups is 1. The molecule has 5 aromatic rings. The Morgan fingerprint density at radius 3 is 2.06 bits per heavy atom. The first kappa shape index (κ1) is 73.5.